The zero-order valence-electron chi connectivity index (χ0n) is 11.5. The van der Waals surface area contributed by atoms with Crippen molar-refractivity contribution in [3.8, 4) is 22.6 Å². The molecule has 0 radical (unpaired) electrons. The molecule has 0 aliphatic carbocycles. The number of nitrogens with zero attached hydrogens (tertiary/aromatic N) is 3. The number of hydrogen-bond acceptors (Lipinski definition) is 3. The average Bonchev–Trinajstić information content (AvgIpc) is 2.77. The number of hydrogen-bond donors (Lipinski definition) is 1. The van der Waals surface area contributed by atoms with Gasteiger partial charge in [-0.3, -0.25) is 4.98 Å². The van der Waals surface area contributed by atoms with Gasteiger partial charge in [-0.05, 0) is 19.1 Å². The number of rotatable bonds is 2. The molecule has 3 rings (SSSR count). The van der Waals surface area contributed by atoms with Crippen molar-refractivity contribution >= 4 is 5.82 Å². The molecule has 3 aromatic rings. The van der Waals surface area contributed by atoms with Gasteiger partial charge >= 0.3 is 0 Å². The van der Waals surface area contributed by atoms with Gasteiger partial charge in [-0.1, -0.05) is 30.3 Å². The van der Waals surface area contributed by atoms with Gasteiger partial charge < -0.3 is 10.3 Å². The van der Waals surface area contributed by atoms with Gasteiger partial charge in [0, 0.05) is 30.1 Å². The summed E-state index contributed by atoms with van der Waals surface area (Å²) in [5.74, 6) is 1.51. The van der Waals surface area contributed by atoms with Crippen LogP contribution in [0.3, 0.4) is 0 Å². The van der Waals surface area contributed by atoms with Gasteiger partial charge in [-0.15, -0.1) is 0 Å². The molecule has 100 valence electrons. The Balaban J connectivity index is 2.13. The minimum atomic E-state index is 0.648. The second-order valence-electron chi connectivity index (χ2n) is 4.78. The highest BCUT2D eigenvalue weighted by Gasteiger charge is 2.15. The molecular weight excluding hydrogens is 248 g/mol. The van der Waals surface area contributed by atoms with Crippen molar-refractivity contribution in [2.45, 2.75) is 6.92 Å². The largest absolute Gasteiger partial charge is 0.383 e. The number of aromatic nitrogens is 3. The van der Waals surface area contributed by atoms with Gasteiger partial charge in [0.1, 0.15) is 17.3 Å². The maximum absolute atomic E-state index is 6.18. The second kappa shape index (κ2) is 4.81. The Morgan fingerprint density at radius 1 is 1.00 bits per heavy atom. The van der Waals surface area contributed by atoms with Gasteiger partial charge in [0.2, 0.25) is 0 Å². The first-order chi connectivity index (χ1) is 9.66. The zero-order chi connectivity index (χ0) is 14.1. The van der Waals surface area contributed by atoms with Crippen LogP contribution in [0.4, 0.5) is 5.82 Å². The number of benzene rings is 1. The van der Waals surface area contributed by atoms with Crippen LogP contribution in [-0.4, -0.2) is 14.5 Å². The maximum atomic E-state index is 6.18. The summed E-state index contributed by atoms with van der Waals surface area (Å²) in [4.78, 5) is 8.98. The van der Waals surface area contributed by atoms with Crippen molar-refractivity contribution < 1.29 is 0 Å². The number of pyridine rings is 1. The molecule has 0 fully saturated rings. The Hall–Kier alpha value is -2.62. The SMILES string of the molecule is Cc1ccc(-c2nc(-c3ccccc3)n(C)c2N)cn1. The van der Waals surface area contributed by atoms with Crippen LogP contribution in [0.15, 0.2) is 48.7 Å². The quantitative estimate of drug-likeness (QED) is 0.774. The molecule has 2 heterocycles. The Morgan fingerprint density at radius 2 is 1.75 bits per heavy atom. The fourth-order valence-corrected chi connectivity index (χ4v) is 2.18. The fourth-order valence-electron chi connectivity index (χ4n) is 2.18. The normalized spacial score (nSPS) is 10.7. The van der Waals surface area contributed by atoms with Crippen LogP contribution in [0.1, 0.15) is 5.69 Å². The van der Waals surface area contributed by atoms with E-state index in [9.17, 15) is 0 Å². The third-order valence-corrected chi connectivity index (χ3v) is 3.36. The summed E-state index contributed by atoms with van der Waals surface area (Å²) < 4.78 is 1.91. The molecule has 0 aliphatic heterocycles. The summed E-state index contributed by atoms with van der Waals surface area (Å²) in [7, 11) is 1.93. The number of nitrogen functional groups attached to an aromatic ring is 1. The molecule has 2 N–H and O–H groups in total. The maximum Gasteiger partial charge on any atom is 0.142 e. The first-order valence-electron chi connectivity index (χ1n) is 6.47. The Morgan fingerprint density at radius 3 is 2.40 bits per heavy atom. The van der Waals surface area contributed by atoms with Crippen molar-refractivity contribution in [1.29, 1.82) is 0 Å². The molecule has 0 atom stereocenters. The lowest BCUT2D eigenvalue weighted by molar-refractivity contribution is 0.937. The molecule has 4 heteroatoms. The van der Waals surface area contributed by atoms with E-state index in [0.717, 1.165) is 28.3 Å². The van der Waals surface area contributed by atoms with Gasteiger partial charge in [0.05, 0.1) is 0 Å². The lowest BCUT2D eigenvalue weighted by Gasteiger charge is -2.02. The van der Waals surface area contributed by atoms with E-state index in [4.69, 9.17) is 5.73 Å². The lowest BCUT2D eigenvalue weighted by Crippen LogP contribution is -1.98. The molecule has 0 saturated carbocycles. The third-order valence-electron chi connectivity index (χ3n) is 3.36. The van der Waals surface area contributed by atoms with Crippen molar-refractivity contribution in [3.63, 3.8) is 0 Å². The number of aryl methyl sites for hydroxylation is 1. The molecule has 1 aromatic carbocycles. The van der Waals surface area contributed by atoms with Crippen LogP contribution in [0.2, 0.25) is 0 Å². The van der Waals surface area contributed by atoms with E-state index >= 15 is 0 Å². The highest BCUT2D eigenvalue weighted by Crippen LogP contribution is 2.29. The van der Waals surface area contributed by atoms with Crippen molar-refractivity contribution in [2.24, 2.45) is 7.05 Å². The first-order valence-corrected chi connectivity index (χ1v) is 6.47. The van der Waals surface area contributed by atoms with Crippen LogP contribution in [-0.2, 0) is 7.05 Å². The Bertz CT molecular complexity index is 727. The lowest BCUT2D eigenvalue weighted by atomic mass is 10.2. The highest BCUT2D eigenvalue weighted by atomic mass is 15.1. The van der Waals surface area contributed by atoms with Crippen molar-refractivity contribution in [2.75, 3.05) is 5.73 Å². The van der Waals surface area contributed by atoms with E-state index in [0.29, 0.717) is 5.82 Å². The van der Waals surface area contributed by atoms with E-state index in [1.165, 1.54) is 0 Å². The topological polar surface area (TPSA) is 56.7 Å². The first kappa shape index (κ1) is 12.4. The smallest absolute Gasteiger partial charge is 0.142 e. The van der Waals surface area contributed by atoms with Gasteiger partial charge in [-0.2, -0.15) is 0 Å². The molecule has 0 saturated heterocycles. The summed E-state index contributed by atoms with van der Waals surface area (Å²) in [6.45, 7) is 1.96. The number of nitrogens with two attached hydrogens (primary N) is 1. The van der Waals surface area contributed by atoms with Gasteiger partial charge in [0.15, 0.2) is 0 Å². The summed E-state index contributed by atoms with van der Waals surface area (Å²) in [6.07, 6.45) is 1.81. The minimum Gasteiger partial charge on any atom is -0.383 e. The molecule has 4 nitrogen and oxygen atoms in total. The predicted molar refractivity (Wildman–Crippen MR) is 81.0 cm³/mol. The molecule has 0 aliphatic rings. The summed E-state index contributed by atoms with van der Waals surface area (Å²) >= 11 is 0. The van der Waals surface area contributed by atoms with Gasteiger partial charge in [-0.25, -0.2) is 4.98 Å². The van der Waals surface area contributed by atoms with Gasteiger partial charge in [0.25, 0.3) is 0 Å². The molecule has 0 bridgehead atoms. The summed E-state index contributed by atoms with van der Waals surface area (Å²) in [5.41, 5.74) is 9.92. The Kier molecular flexibility index (Phi) is 2.99. The van der Waals surface area contributed by atoms with E-state index in [-0.39, 0.29) is 0 Å². The highest BCUT2D eigenvalue weighted by molar-refractivity contribution is 5.75. The second-order valence-corrected chi connectivity index (χ2v) is 4.78. The molecule has 0 amide bonds. The minimum absolute atomic E-state index is 0.648. The van der Waals surface area contributed by atoms with Crippen molar-refractivity contribution in [1.82, 2.24) is 14.5 Å². The summed E-state index contributed by atoms with van der Waals surface area (Å²) in [6, 6.07) is 14.0. The van der Waals surface area contributed by atoms with Crippen LogP contribution in [0.25, 0.3) is 22.6 Å². The molecule has 20 heavy (non-hydrogen) atoms. The monoisotopic (exact) mass is 264 g/mol. The van der Waals surface area contributed by atoms with Crippen molar-refractivity contribution in [3.05, 3.63) is 54.4 Å². The van der Waals surface area contributed by atoms with E-state index in [2.05, 4.69) is 9.97 Å². The van der Waals surface area contributed by atoms with Crippen LogP contribution >= 0.6 is 0 Å². The average molecular weight is 264 g/mol. The van der Waals surface area contributed by atoms with Crippen LogP contribution < -0.4 is 5.73 Å². The molecule has 0 spiro atoms. The molecule has 2 aromatic heterocycles. The third kappa shape index (κ3) is 2.05. The van der Waals surface area contributed by atoms with Crippen LogP contribution in [0, 0.1) is 6.92 Å². The van der Waals surface area contributed by atoms with Crippen LogP contribution in [0.5, 0.6) is 0 Å². The zero-order valence-corrected chi connectivity index (χ0v) is 11.5. The summed E-state index contributed by atoms with van der Waals surface area (Å²) in [5, 5.41) is 0. The van der Waals surface area contributed by atoms with E-state index in [1.807, 2.05) is 67.2 Å². The standard InChI is InChI=1S/C16H16N4/c1-11-8-9-13(10-18-11)14-15(17)20(2)16(19-14)12-6-4-3-5-7-12/h3-10H,17H2,1-2H3. The molecule has 0 unspecified atom stereocenters. The number of imidazole rings is 1. The Labute approximate surface area is 117 Å². The predicted octanol–water partition coefficient (Wildman–Crippen LogP) is 3.04. The van der Waals surface area contributed by atoms with E-state index in [1.54, 1.807) is 0 Å². The number of anilines is 1. The fraction of sp³-hybridized carbons (Fsp3) is 0.125. The molecular formula is C16H16N4. The van der Waals surface area contributed by atoms with E-state index < -0.39 is 0 Å².